The average molecular weight is 339 g/mol. The van der Waals surface area contributed by atoms with Gasteiger partial charge in [0.05, 0.1) is 11.2 Å². The van der Waals surface area contributed by atoms with Crippen LogP contribution in [0.2, 0.25) is 10.0 Å². The lowest BCUT2D eigenvalue weighted by Gasteiger charge is -2.07. The molecule has 0 atom stereocenters. The third-order valence-corrected chi connectivity index (χ3v) is 3.35. The molecule has 7 heteroatoms. The van der Waals surface area contributed by atoms with Crippen molar-refractivity contribution < 1.29 is 14.6 Å². The first-order chi connectivity index (χ1) is 10.6. The van der Waals surface area contributed by atoms with Gasteiger partial charge in [-0.2, -0.15) is 5.10 Å². The van der Waals surface area contributed by atoms with Crippen molar-refractivity contribution in [3.05, 3.63) is 58.1 Å². The van der Waals surface area contributed by atoms with E-state index in [-0.39, 0.29) is 17.4 Å². The minimum Gasteiger partial charge on any atom is -0.508 e. The van der Waals surface area contributed by atoms with Crippen LogP contribution in [-0.2, 0) is 4.79 Å². The molecular weight excluding hydrogens is 327 g/mol. The minimum atomic E-state index is -0.451. The standard InChI is InChI=1S/C15H12Cl2N2O3/c16-12-5-2-6-13(15(12)17)22-9-14(21)19-18-8-10-3-1-4-11(20)7-10/h1-8,20H,9H2,(H,19,21)/b18-8+. The first kappa shape index (κ1) is 16.1. The predicted molar refractivity (Wildman–Crippen MR) is 85.8 cm³/mol. The lowest BCUT2D eigenvalue weighted by molar-refractivity contribution is -0.123. The van der Waals surface area contributed by atoms with E-state index in [2.05, 4.69) is 10.5 Å². The number of hydrazone groups is 1. The Kier molecular flexibility index (Phi) is 5.63. The maximum Gasteiger partial charge on any atom is 0.277 e. The molecule has 0 aromatic heterocycles. The fourth-order valence-corrected chi connectivity index (χ4v) is 1.90. The van der Waals surface area contributed by atoms with Gasteiger partial charge in [0.15, 0.2) is 6.61 Å². The van der Waals surface area contributed by atoms with Gasteiger partial charge in [0.2, 0.25) is 0 Å². The molecular formula is C15H12Cl2N2O3. The van der Waals surface area contributed by atoms with Gasteiger partial charge in [-0.15, -0.1) is 0 Å². The molecule has 22 heavy (non-hydrogen) atoms. The number of carbonyl (C=O) groups excluding carboxylic acids is 1. The molecule has 0 saturated carbocycles. The number of phenols is 1. The molecule has 0 fully saturated rings. The number of hydrogen-bond donors (Lipinski definition) is 2. The zero-order valence-corrected chi connectivity index (χ0v) is 12.8. The van der Waals surface area contributed by atoms with Gasteiger partial charge in [-0.05, 0) is 29.8 Å². The van der Waals surface area contributed by atoms with Crippen molar-refractivity contribution in [1.82, 2.24) is 5.43 Å². The summed E-state index contributed by atoms with van der Waals surface area (Å²) >= 11 is 11.8. The zero-order valence-electron chi connectivity index (χ0n) is 11.3. The fourth-order valence-electron chi connectivity index (χ4n) is 1.55. The van der Waals surface area contributed by atoms with E-state index >= 15 is 0 Å². The first-order valence-corrected chi connectivity index (χ1v) is 6.99. The quantitative estimate of drug-likeness (QED) is 0.649. The van der Waals surface area contributed by atoms with Crippen molar-refractivity contribution in [2.75, 3.05) is 6.61 Å². The first-order valence-electron chi connectivity index (χ1n) is 6.24. The number of nitrogens with one attached hydrogen (secondary N) is 1. The molecule has 0 heterocycles. The van der Waals surface area contributed by atoms with E-state index in [1.807, 2.05) is 0 Å². The van der Waals surface area contributed by atoms with Crippen LogP contribution >= 0.6 is 23.2 Å². The number of amides is 1. The molecule has 2 N–H and O–H groups in total. The monoisotopic (exact) mass is 338 g/mol. The third kappa shape index (κ3) is 4.65. The van der Waals surface area contributed by atoms with Crippen molar-refractivity contribution in [2.24, 2.45) is 5.10 Å². The molecule has 0 saturated heterocycles. The van der Waals surface area contributed by atoms with Crippen molar-refractivity contribution in [3.8, 4) is 11.5 Å². The number of hydrogen-bond acceptors (Lipinski definition) is 4. The van der Waals surface area contributed by atoms with Crippen LogP contribution in [0.3, 0.4) is 0 Å². The molecule has 0 unspecified atom stereocenters. The molecule has 1 amide bonds. The molecule has 114 valence electrons. The number of ether oxygens (including phenoxy) is 1. The highest BCUT2D eigenvalue weighted by atomic mass is 35.5. The van der Waals surface area contributed by atoms with E-state index in [1.165, 1.54) is 12.3 Å². The highest BCUT2D eigenvalue weighted by Gasteiger charge is 2.07. The van der Waals surface area contributed by atoms with E-state index in [0.29, 0.717) is 16.3 Å². The summed E-state index contributed by atoms with van der Waals surface area (Å²) in [4.78, 5) is 11.6. The number of rotatable bonds is 5. The molecule has 0 aliphatic rings. The Hall–Kier alpha value is -2.24. The maximum atomic E-state index is 11.6. The summed E-state index contributed by atoms with van der Waals surface area (Å²) < 4.78 is 5.26. The van der Waals surface area contributed by atoms with Gasteiger partial charge >= 0.3 is 0 Å². The van der Waals surface area contributed by atoms with Gasteiger partial charge in [0, 0.05) is 0 Å². The van der Waals surface area contributed by atoms with Gasteiger partial charge in [0.1, 0.15) is 16.5 Å². The van der Waals surface area contributed by atoms with Gasteiger partial charge in [0.25, 0.3) is 5.91 Å². The Morgan fingerprint density at radius 1 is 1.27 bits per heavy atom. The molecule has 2 aromatic carbocycles. The SMILES string of the molecule is O=C(COc1cccc(Cl)c1Cl)N/N=C/c1cccc(O)c1. The van der Waals surface area contributed by atoms with Gasteiger partial charge < -0.3 is 9.84 Å². The van der Waals surface area contributed by atoms with Crippen LogP contribution in [0.15, 0.2) is 47.6 Å². The van der Waals surface area contributed by atoms with E-state index < -0.39 is 5.91 Å². The molecule has 0 aliphatic heterocycles. The number of phenolic OH excluding ortho intramolecular Hbond substituents is 1. The molecule has 0 radical (unpaired) electrons. The second kappa shape index (κ2) is 7.68. The zero-order chi connectivity index (χ0) is 15.9. The Morgan fingerprint density at radius 3 is 2.82 bits per heavy atom. The second-order valence-corrected chi connectivity index (χ2v) is 5.01. The van der Waals surface area contributed by atoms with E-state index in [9.17, 15) is 9.90 Å². The summed E-state index contributed by atoms with van der Waals surface area (Å²) in [5.74, 6) is -0.0112. The van der Waals surface area contributed by atoms with Crippen LogP contribution in [0.1, 0.15) is 5.56 Å². The van der Waals surface area contributed by atoms with E-state index in [0.717, 1.165) is 0 Å². The van der Waals surface area contributed by atoms with Crippen LogP contribution in [0, 0.1) is 0 Å². The summed E-state index contributed by atoms with van der Waals surface area (Å²) in [5, 5.41) is 13.6. The second-order valence-electron chi connectivity index (χ2n) is 4.23. The Bertz CT molecular complexity index is 705. The topological polar surface area (TPSA) is 70.9 Å². The van der Waals surface area contributed by atoms with Crippen LogP contribution in [0.25, 0.3) is 0 Å². The van der Waals surface area contributed by atoms with E-state index in [1.54, 1.807) is 36.4 Å². The summed E-state index contributed by atoms with van der Waals surface area (Å²) in [7, 11) is 0. The number of carbonyl (C=O) groups is 1. The molecule has 2 rings (SSSR count). The highest BCUT2D eigenvalue weighted by molar-refractivity contribution is 6.42. The average Bonchev–Trinajstić information content (AvgIpc) is 2.49. The summed E-state index contributed by atoms with van der Waals surface area (Å²) in [6, 6.07) is 11.4. The van der Waals surface area contributed by atoms with Crippen molar-refractivity contribution in [3.63, 3.8) is 0 Å². The molecule has 0 spiro atoms. The minimum absolute atomic E-state index is 0.120. The third-order valence-electron chi connectivity index (χ3n) is 2.55. The summed E-state index contributed by atoms with van der Waals surface area (Å²) in [6.45, 7) is -0.253. The number of aromatic hydroxyl groups is 1. The number of benzene rings is 2. The number of halogens is 2. The Morgan fingerprint density at radius 2 is 2.05 bits per heavy atom. The van der Waals surface area contributed by atoms with Crippen molar-refractivity contribution in [2.45, 2.75) is 0 Å². The largest absolute Gasteiger partial charge is 0.508 e. The highest BCUT2D eigenvalue weighted by Crippen LogP contribution is 2.31. The van der Waals surface area contributed by atoms with Crippen molar-refractivity contribution >= 4 is 35.3 Å². The van der Waals surface area contributed by atoms with Gasteiger partial charge in [-0.1, -0.05) is 41.4 Å². The van der Waals surface area contributed by atoms with Gasteiger partial charge in [-0.25, -0.2) is 5.43 Å². The maximum absolute atomic E-state index is 11.6. The summed E-state index contributed by atoms with van der Waals surface area (Å²) in [6.07, 6.45) is 1.41. The lowest BCUT2D eigenvalue weighted by Crippen LogP contribution is -2.24. The van der Waals surface area contributed by atoms with Crippen LogP contribution in [0.5, 0.6) is 11.5 Å². The van der Waals surface area contributed by atoms with Gasteiger partial charge in [-0.3, -0.25) is 4.79 Å². The summed E-state index contributed by atoms with van der Waals surface area (Å²) in [5.41, 5.74) is 2.95. The Balaban J connectivity index is 1.84. The fraction of sp³-hybridized carbons (Fsp3) is 0.0667. The Labute approximate surface area is 137 Å². The molecule has 0 aliphatic carbocycles. The predicted octanol–water partition coefficient (Wildman–Crippen LogP) is 3.23. The molecule has 2 aromatic rings. The molecule has 5 nitrogen and oxygen atoms in total. The lowest BCUT2D eigenvalue weighted by atomic mass is 10.2. The normalized spacial score (nSPS) is 10.6. The van der Waals surface area contributed by atoms with Crippen LogP contribution in [0.4, 0.5) is 0 Å². The number of nitrogens with zero attached hydrogens (tertiary/aromatic N) is 1. The smallest absolute Gasteiger partial charge is 0.277 e. The van der Waals surface area contributed by atoms with Crippen molar-refractivity contribution in [1.29, 1.82) is 0 Å². The van der Waals surface area contributed by atoms with E-state index in [4.69, 9.17) is 27.9 Å². The van der Waals surface area contributed by atoms with Crippen LogP contribution in [-0.4, -0.2) is 23.8 Å². The van der Waals surface area contributed by atoms with Crippen LogP contribution < -0.4 is 10.2 Å². The molecule has 0 bridgehead atoms.